The van der Waals surface area contributed by atoms with Crippen molar-refractivity contribution in [3.8, 4) is 5.75 Å². The quantitative estimate of drug-likeness (QED) is 0.521. The van der Waals surface area contributed by atoms with Gasteiger partial charge < -0.3 is 26.3 Å². The maximum absolute atomic E-state index is 12.6. The molecule has 0 saturated heterocycles. The third-order valence-electron chi connectivity index (χ3n) is 6.23. The van der Waals surface area contributed by atoms with E-state index < -0.39 is 13.1 Å². The highest BCUT2D eigenvalue weighted by molar-refractivity contribution is 6.47. The second-order valence-corrected chi connectivity index (χ2v) is 8.20. The summed E-state index contributed by atoms with van der Waals surface area (Å²) in [6.07, 6.45) is 5.17. The number of carbonyl (C=O) groups is 2. The van der Waals surface area contributed by atoms with E-state index in [1.807, 2.05) is 0 Å². The molecule has 0 bridgehead atoms. The van der Waals surface area contributed by atoms with Gasteiger partial charge in [0, 0.05) is 31.2 Å². The number of nitrogens with two attached hydrogens (primary N) is 2. The Morgan fingerprint density at radius 3 is 2.57 bits per heavy atom. The van der Waals surface area contributed by atoms with Crippen molar-refractivity contribution in [2.45, 2.75) is 56.8 Å². The molecule has 2 aliphatic rings. The number of carboxylic acids is 1. The summed E-state index contributed by atoms with van der Waals surface area (Å²) in [5.41, 5.74) is 12.4. The molecule has 1 aliphatic heterocycles. The molecule has 0 aromatic heterocycles. The fraction of sp³-hybridized carbons (Fsp3) is 0.600. The first-order valence-corrected chi connectivity index (χ1v) is 10.1. The Labute approximate surface area is 165 Å². The van der Waals surface area contributed by atoms with Gasteiger partial charge in [-0.3, -0.25) is 4.79 Å². The minimum atomic E-state index is -1.17. The smallest absolute Gasteiger partial charge is 0.526 e. The zero-order chi connectivity index (χ0) is 20.3. The van der Waals surface area contributed by atoms with E-state index in [0.29, 0.717) is 31.2 Å². The van der Waals surface area contributed by atoms with Gasteiger partial charge in [0.15, 0.2) is 0 Å². The van der Waals surface area contributed by atoms with Crippen LogP contribution in [-0.2, 0) is 11.2 Å². The molecule has 2 atom stereocenters. The van der Waals surface area contributed by atoms with Gasteiger partial charge >= 0.3 is 13.1 Å². The van der Waals surface area contributed by atoms with Crippen molar-refractivity contribution in [2.75, 3.05) is 6.54 Å². The van der Waals surface area contributed by atoms with Gasteiger partial charge in [-0.25, -0.2) is 4.79 Å². The molecule has 0 radical (unpaired) electrons. The molecule has 1 aliphatic carbocycles. The lowest BCUT2D eigenvalue weighted by molar-refractivity contribution is -0.120. The van der Waals surface area contributed by atoms with Gasteiger partial charge in [-0.2, -0.15) is 0 Å². The van der Waals surface area contributed by atoms with Gasteiger partial charge in [-0.05, 0) is 55.6 Å². The largest absolute Gasteiger partial charge is 0.535 e. The van der Waals surface area contributed by atoms with Crippen LogP contribution in [0.15, 0.2) is 18.2 Å². The number of benzene rings is 1. The molecule has 1 fully saturated rings. The number of para-hydroxylation sites is 1. The maximum Gasteiger partial charge on any atom is 0.526 e. The highest BCUT2D eigenvalue weighted by Gasteiger charge is 2.38. The maximum atomic E-state index is 12.6. The SMILES string of the molecule is NC[C@@H](N)C1CCC(CC(=O)C[C@H]2Cc3cccc(C(=O)O)c3OB2O)CC1. The van der Waals surface area contributed by atoms with Gasteiger partial charge in [-0.15, -0.1) is 0 Å². The topological polar surface area (TPSA) is 136 Å². The van der Waals surface area contributed by atoms with E-state index in [2.05, 4.69) is 0 Å². The molecule has 1 aromatic rings. The van der Waals surface area contributed by atoms with Crippen LogP contribution in [0.25, 0.3) is 0 Å². The standard InChI is InChI=1S/C20H29BN2O5/c22-11-18(23)13-6-4-12(5-7-13)8-16(24)10-15-9-14-2-1-3-17(20(25)26)19(14)28-21(15)27/h1-3,12-13,15,18,27H,4-11,22-23H2,(H,25,26)/t12?,13?,15-,18-/m1/s1. The Kier molecular flexibility index (Phi) is 6.75. The summed E-state index contributed by atoms with van der Waals surface area (Å²) < 4.78 is 5.48. The van der Waals surface area contributed by atoms with Crippen LogP contribution in [0.1, 0.15) is 54.4 Å². The third-order valence-corrected chi connectivity index (χ3v) is 6.23. The summed E-state index contributed by atoms with van der Waals surface area (Å²) in [4.78, 5) is 23.9. The zero-order valence-corrected chi connectivity index (χ0v) is 16.0. The van der Waals surface area contributed by atoms with E-state index in [1.54, 1.807) is 12.1 Å². The normalized spacial score (nSPS) is 25.5. The van der Waals surface area contributed by atoms with Crippen molar-refractivity contribution in [1.29, 1.82) is 0 Å². The molecule has 0 amide bonds. The van der Waals surface area contributed by atoms with E-state index in [4.69, 9.17) is 16.1 Å². The Bertz CT molecular complexity index is 721. The van der Waals surface area contributed by atoms with Crippen molar-refractivity contribution in [3.63, 3.8) is 0 Å². The predicted molar refractivity (Wildman–Crippen MR) is 106 cm³/mol. The molecule has 3 rings (SSSR count). The van der Waals surface area contributed by atoms with Crippen LogP contribution in [0.3, 0.4) is 0 Å². The van der Waals surface area contributed by atoms with Crippen molar-refractivity contribution >= 4 is 18.9 Å². The third kappa shape index (κ3) is 4.74. The minimum absolute atomic E-state index is 0.0359. The van der Waals surface area contributed by atoms with Crippen LogP contribution in [0.5, 0.6) is 5.75 Å². The summed E-state index contributed by atoms with van der Waals surface area (Å²) in [7, 11) is -1.17. The Balaban J connectivity index is 1.54. The summed E-state index contributed by atoms with van der Waals surface area (Å²) in [5.74, 6) is -0.307. The molecule has 0 unspecified atom stereocenters. The van der Waals surface area contributed by atoms with Crippen LogP contribution < -0.4 is 16.1 Å². The Morgan fingerprint density at radius 1 is 1.21 bits per heavy atom. The summed E-state index contributed by atoms with van der Waals surface area (Å²) in [6.45, 7) is 0.499. The highest BCUT2D eigenvalue weighted by atomic mass is 16.5. The number of rotatable bonds is 7. The first-order chi connectivity index (χ1) is 13.4. The lowest BCUT2D eigenvalue weighted by Crippen LogP contribution is -2.39. The van der Waals surface area contributed by atoms with Gasteiger partial charge in [0.2, 0.25) is 0 Å². The molecule has 7 nitrogen and oxygen atoms in total. The van der Waals surface area contributed by atoms with E-state index >= 15 is 0 Å². The van der Waals surface area contributed by atoms with Crippen LogP contribution in [0.2, 0.25) is 5.82 Å². The van der Waals surface area contributed by atoms with Crippen LogP contribution in [-0.4, -0.2) is 41.6 Å². The lowest BCUT2D eigenvalue weighted by atomic mass is 9.64. The highest BCUT2D eigenvalue weighted by Crippen LogP contribution is 2.37. The molecular weight excluding hydrogens is 359 g/mol. The van der Waals surface area contributed by atoms with Crippen molar-refractivity contribution < 1.29 is 24.4 Å². The van der Waals surface area contributed by atoms with Gasteiger partial charge in [-0.1, -0.05) is 12.1 Å². The van der Waals surface area contributed by atoms with Crippen LogP contribution in [0, 0.1) is 11.8 Å². The molecule has 1 aromatic carbocycles. The molecule has 152 valence electrons. The second kappa shape index (κ2) is 9.07. The number of carboxylic acid groups (broad SMARTS) is 1. The van der Waals surface area contributed by atoms with Crippen LogP contribution in [0.4, 0.5) is 0 Å². The molecule has 28 heavy (non-hydrogen) atoms. The Morgan fingerprint density at radius 2 is 1.93 bits per heavy atom. The summed E-state index contributed by atoms with van der Waals surface area (Å²) in [5, 5.41) is 19.6. The average Bonchev–Trinajstić information content (AvgIpc) is 2.68. The lowest BCUT2D eigenvalue weighted by Gasteiger charge is -2.32. The number of ketones is 1. The number of carbonyl (C=O) groups excluding carboxylic acids is 1. The zero-order valence-electron chi connectivity index (χ0n) is 16.0. The predicted octanol–water partition coefficient (Wildman–Crippen LogP) is 1.61. The molecular formula is C20H29BN2O5. The molecule has 1 saturated carbocycles. The first kappa shape index (κ1) is 20.8. The van der Waals surface area contributed by atoms with Gasteiger partial charge in [0.25, 0.3) is 0 Å². The monoisotopic (exact) mass is 388 g/mol. The van der Waals surface area contributed by atoms with Crippen molar-refractivity contribution in [2.24, 2.45) is 23.3 Å². The van der Waals surface area contributed by atoms with E-state index in [9.17, 15) is 19.7 Å². The van der Waals surface area contributed by atoms with Gasteiger partial charge in [0.05, 0.1) is 5.56 Å². The average molecular weight is 388 g/mol. The van der Waals surface area contributed by atoms with E-state index in [-0.39, 0.29) is 35.4 Å². The Hall–Kier alpha value is -1.90. The number of aromatic carboxylic acids is 1. The summed E-state index contributed by atoms with van der Waals surface area (Å²) in [6, 6.07) is 4.94. The van der Waals surface area contributed by atoms with Crippen molar-refractivity contribution in [1.82, 2.24) is 0 Å². The number of Topliss-reactive ketones (excluding diaryl/α,β-unsaturated/α-hetero) is 1. The second-order valence-electron chi connectivity index (χ2n) is 8.20. The van der Waals surface area contributed by atoms with Crippen molar-refractivity contribution in [3.05, 3.63) is 29.3 Å². The first-order valence-electron chi connectivity index (χ1n) is 10.1. The minimum Gasteiger partial charge on any atom is -0.535 e. The number of fused-ring (bicyclic) bond motifs is 1. The number of hydrogen-bond acceptors (Lipinski definition) is 6. The van der Waals surface area contributed by atoms with E-state index in [0.717, 1.165) is 31.2 Å². The van der Waals surface area contributed by atoms with E-state index in [1.165, 1.54) is 6.07 Å². The van der Waals surface area contributed by atoms with Gasteiger partial charge in [0.1, 0.15) is 11.5 Å². The molecule has 6 N–H and O–H groups in total. The summed E-state index contributed by atoms with van der Waals surface area (Å²) >= 11 is 0. The molecule has 0 spiro atoms. The molecule has 1 heterocycles. The van der Waals surface area contributed by atoms with Crippen LogP contribution >= 0.6 is 0 Å². The number of hydrogen-bond donors (Lipinski definition) is 4. The molecule has 8 heteroatoms. The fourth-order valence-corrected chi connectivity index (χ4v) is 4.54. The fourth-order valence-electron chi connectivity index (χ4n) is 4.54.